The van der Waals surface area contributed by atoms with Crippen LogP contribution in [0.1, 0.15) is 91.9 Å². The van der Waals surface area contributed by atoms with Gasteiger partial charge in [0.05, 0.1) is 6.20 Å². The van der Waals surface area contributed by atoms with Crippen molar-refractivity contribution in [3.05, 3.63) is 53.7 Å². The van der Waals surface area contributed by atoms with Gasteiger partial charge in [-0.25, -0.2) is 4.98 Å². The maximum atomic E-state index is 12.0. The molecule has 2 aromatic rings. The molecule has 1 aromatic heterocycles. The van der Waals surface area contributed by atoms with Gasteiger partial charge >= 0.3 is 0 Å². The van der Waals surface area contributed by atoms with Crippen molar-refractivity contribution in [1.82, 2.24) is 9.88 Å². The van der Waals surface area contributed by atoms with Crippen molar-refractivity contribution in [2.24, 2.45) is 5.92 Å². The smallest absolute Gasteiger partial charge is 0.263 e. The Morgan fingerprint density at radius 1 is 1.03 bits per heavy atom. The van der Waals surface area contributed by atoms with E-state index in [4.69, 9.17) is 4.42 Å². The lowest BCUT2D eigenvalue weighted by molar-refractivity contribution is 0.0940. The lowest BCUT2D eigenvalue weighted by Crippen LogP contribution is -2.33. The zero-order valence-electron chi connectivity index (χ0n) is 17.5. The van der Waals surface area contributed by atoms with Crippen LogP contribution in [0.3, 0.4) is 0 Å². The first-order valence-corrected chi connectivity index (χ1v) is 11.5. The van der Waals surface area contributed by atoms with Crippen LogP contribution in [0.25, 0.3) is 0 Å². The number of nitrogens with zero attached hydrogens (tertiary/aromatic N) is 2. The van der Waals surface area contributed by atoms with E-state index in [0.717, 1.165) is 31.2 Å². The maximum absolute atomic E-state index is 12.0. The molecule has 0 spiro atoms. The fraction of sp³-hybridized carbons (Fsp3) is 0.600. The minimum absolute atomic E-state index is 0.0316. The van der Waals surface area contributed by atoms with E-state index >= 15 is 0 Å². The van der Waals surface area contributed by atoms with Crippen LogP contribution in [0, 0.1) is 5.92 Å². The van der Waals surface area contributed by atoms with Crippen molar-refractivity contribution in [2.45, 2.75) is 76.7 Å². The van der Waals surface area contributed by atoms with E-state index in [1.807, 2.05) is 0 Å². The van der Waals surface area contributed by atoms with Crippen molar-refractivity contribution >= 4 is 5.78 Å². The van der Waals surface area contributed by atoms with E-state index in [1.54, 1.807) is 5.56 Å². The quantitative estimate of drug-likeness (QED) is 0.516. The number of likely N-dealkylation sites (tertiary alicyclic amines) is 1. The molecule has 156 valence electrons. The second-order valence-corrected chi connectivity index (χ2v) is 8.95. The molecule has 1 saturated carbocycles. The molecule has 4 nitrogen and oxygen atoms in total. The molecule has 2 heterocycles. The summed E-state index contributed by atoms with van der Waals surface area (Å²) >= 11 is 0. The predicted molar refractivity (Wildman–Crippen MR) is 115 cm³/mol. The van der Waals surface area contributed by atoms with Gasteiger partial charge in [0.2, 0.25) is 5.78 Å². The lowest BCUT2D eigenvalue weighted by atomic mass is 9.84. The summed E-state index contributed by atoms with van der Waals surface area (Å²) in [6, 6.07) is 9.46. The van der Waals surface area contributed by atoms with Crippen LogP contribution in [-0.4, -0.2) is 28.8 Å². The van der Waals surface area contributed by atoms with Gasteiger partial charge in [-0.05, 0) is 74.6 Å². The molecule has 0 N–H and O–H groups in total. The van der Waals surface area contributed by atoms with Crippen LogP contribution >= 0.6 is 0 Å². The van der Waals surface area contributed by atoms with Crippen molar-refractivity contribution in [3.8, 4) is 0 Å². The molecule has 0 bridgehead atoms. The fourth-order valence-electron chi connectivity index (χ4n) is 5.04. The van der Waals surface area contributed by atoms with Crippen molar-refractivity contribution in [2.75, 3.05) is 13.1 Å². The van der Waals surface area contributed by atoms with Gasteiger partial charge in [0.15, 0.2) is 0 Å². The van der Waals surface area contributed by atoms with Gasteiger partial charge in [0.1, 0.15) is 6.26 Å². The number of oxazole rings is 1. The molecule has 1 saturated heterocycles. The van der Waals surface area contributed by atoms with E-state index in [-0.39, 0.29) is 11.7 Å². The number of Topliss-reactive ketones (excluding diaryl/α,β-unsaturated/α-hetero) is 1. The van der Waals surface area contributed by atoms with Gasteiger partial charge in [-0.2, -0.15) is 0 Å². The highest BCUT2D eigenvalue weighted by Gasteiger charge is 2.20. The number of carbonyl (C=O) groups excluding carboxylic acids is 1. The van der Waals surface area contributed by atoms with Crippen LogP contribution in [0.2, 0.25) is 0 Å². The molecular formula is C25H34N2O2. The molecule has 1 aromatic carbocycles. The topological polar surface area (TPSA) is 46.3 Å². The van der Waals surface area contributed by atoms with Crippen LogP contribution < -0.4 is 0 Å². The molecule has 0 amide bonds. The van der Waals surface area contributed by atoms with Crippen LogP contribution in [0.4, 0.5) is 0 Å². The van der Waals surface area contributed by atoms with Crippen LogP contribution in [0.5, 0.6) is 0 Å². The highest BCUT2D eigenvalue weighted by atomic mass is 16.3. The number of hydrogen-bond acceptors (Lipinski definition) is 4. The van der Waals surface area contributed by atoms with Crippen molar-refractivity contribution < 1.29 is 9.21 Å². The van der Waals surface area contributed by atoms with Gasteiger partial charge in [-0.1, -0.05) is 43.5 Å². The largest absolute Gasteiger partial charge is 0.442 e. The predicted octanol–water partition coefficient (Wildman–Crippen LogP) is 5.99. The Morgan fingerprint density at radius 3 is 2.48 bits per heavy atom. The molecule has 1 aliphatic carbocycles. The Hall–Kier alpha value is -1.94. The average molecular weight is 395 g/mol. The van der Waals surface area contributed by atoms with E-state index in [1.165, 1.54) is 76.1 Å². The average Bonchev–Trinajstić information content (AvgIpc) is 3.31. The van der Waals surface area contributed by atoms with Gasteiger partial charge in [0, 0.05) is 13.0 Å². The van der Waals surface area contributed by atoms with Gasteiger partial charge < -0.3 is 4.42 Å². The minimum atomic E-state index is 0.0316. The Kier molecular flexibility index (Phi) is 7.15. The summed E-state index contributed by atoms with van der Waals surface area (Å²) in [7, 11) is 0. The normalized spacial score (nSPS) is 19.4. The van der Waals surface area contributed by atoms with Gasteiger partial charge in [-0.15, -0.1) is 0 Å². The first-order valence-electron chi connectivity index (χ1n) is 11.5. The number of carbonyl (C=O) groups is 1. The number of piperidine rings is 1. The molecule has 2 fully saturated rings. The SMILES string of the molecule is O=C(CCCC1CCN(Cc2ccc(C3CCCCC3)cc2)CC1)c1ncco1. The summed E-state index contributed by atoms with van der Waals surface area (Å²) in [6.45, 7) is 3.41. The van der Waals surface area contributed by atoms with E-state index < -0.39 is 0 Å². The maximum Gasteiger partial charge on any atom is 0.263 e. The van der Waals surface area contributed by atoms with Crippen LogP contribution in [-0.2, 0) is 6.54 Å². The molecule has 0 unspecified atom stereocenters. The molecule has 0 radical (unpaired) electrons. The van der Waals surface area contributed by atoms with Gasteiger partial charge in [-0.3, -0.25) is 9.69 Å². The molecule has 2 aliphatic rings. The summed E-state index contributed by atoms with van der Waals surface area (Å²) in [5, 5.41) is 0. The molecule has 4 rings (SSSR count). The summed E-state index contributed by atoms with van der Waals surface area (Å²) in [6.07, 6.45) is 15.1. The summed E-state index contributed by atoms with van der Waals surface area (Å²) < 4.78 is 5.08. The Labute approximate surface area is 174 Å². The Balaban J connectivity index is 1.15. The first-order chi connectivity index (χ1) is 14.3. The molecular weight excluding hydrogens is 360 g/mol. The van der Waals surface area contributed by atoms with E-state index in [2.05, 4.69) is 34.1 Å². The van der Waals surface area contributed by atoms with Gasteiger partial charge in [0.25, 0.3) is 5.89 Å². The highest BCUT2D eigenvalue weighted by molar-refractivity contribution is 5.91. The Morgan fingerprint density at radius 2 is 1.79 bits per heavy atom. The third kappa shape index (κ3) is 5.79. The number of aromatic nitrogens is 1. The molecule has 0 atom stereocenters. The lowest BCUT2D eigenvalue weighted by Gasteiger charge is -2.32. The first kappa shape index (κ1) is 20.3. The molecule has 1 aliphatic heterocycles. The second-order valence-electron chi connectivity index (χ2n) is 8.95. The number of rotatable bonds is 8. The van der Waals surface area contributed by atoms with E-state index in [0.29, 0.717) is 6.42 Å². The minimum Gasteiger partial charge on any atom is -0.442 e. The fourth-order valence-corrected chi connectivity index (χ4v) is 5.04. The third-order valence-electron chi connectivity index (χ3n) is 6.86. The van der Waals surface area contributed by atoms with Crippen LogP contribution in [0.15, 0.2) is 41.1 Å². The summed E-state index contributed by atoms with van der Waals surface area (Å²) in [5.41, 5.74) is 2.99. The summed E-state index contributed by atoms with van der Waals surface area (Å²) in [4.78, 5) is 18.5. The number of ketones is 1. The standard InChI is InChI=1S/C25H34N2O2/c28-24(25-26-15-18-29-25)8-4-5-20-13-16-27(17-14-20)19-21-9-11-23(12-10-21)22-6-2-1-3-7-22/h9-12,15,18,20,22H,1-8,13-14,16-17,19H2. The van der Waals surface area contributed by atoms with Crippen molar-refractivity contribution in [1.29, 1.82) is 0 Å². The summed E-state index contributed by atoms with van der Waals surface area (Å²) in [5.74, 6) is 1.83. The van der Waals surface area contributed by atoms with Crippen molar-refractivity contribution in [3.63, 3.8) is 0 Å². The third-order valence-corrected chi connectivity index (χ3v) is 6.86. The van der Waals surface area contributed by atoms with E-state index in [9.17, 15) is 4.79 Å². The zero-order chi connectivity index (χ0) is 19.9. The molecule has 4 heteroatoms. The molecule has 29 heavy (non-hydrogen) atoms. The number of hydrogen-bond donors (Lipinski definition) is 0. The highest BCUT2D eigenvalue weighted by Crippen LogP contribution is 2.32. The Bertz CT molecular complexity index is 740. The monoisotopic (exact) mass is 394 g/mol. The number of benzene rings is 1. The second kappa shape index (κ2) is 10.2. The zero-order valence-corrected chi connectivity index (χ0v) is 17.5.